The fourth-order valence-electron chi connectivity index (χ4n) is 0.975. The van der Waals surface area contributed by atoms with Gasteiger partial charge in [-0.15, -0.1) is 0 Å². The molecule has 0 spiro atoms. The van der Waals surface area contributed by atoms with Crippen molar-refractivity contribution in [3.8, 4) is 0 Å². The topological polar surface area (TPSA) is 0 Å². The van der Waals surface area contributed by atoms with Crippen molar-refractivity contribution in [2.24, 2.45) is 17.8 Å². The molecule has 62 valence electrons. The summed E-state index contributed by atoms with van der Waals surface area (Å²) < 4.78 is 0. The first kappa shape index (κ1) is 10.5. The number of rotatable bonds is 3. The summed E-state index contributed by atoms with van der Waals surface area (Å²) in [5, 5.41) is 0. The Morgan fingerprint density at radius 2 is 1.20 bits per heavy atom. The minimum absolute atomic E-state index is 0.674. The van der Waals surface area contributed by atoms with Crippen LogP contribution in [0.2, 0.25) is 0 Å². The molecule has 0 bridgehead atoms. The third kappa shape index (κ3) is 3.05. The molecule has 0 aliphatic rings. The lowest BCUT2D eigenvalue weighted by Gasteiger charge is -2.24. The van der Waals surface area contributed by atoms with Crippen LogP contribution in [0.5, 0.6) is 0 Å². The molecule has 0 heterocycles. The summed E-state index contributed by atoms with van der Waals surface area (Å²) in [5.74, 6) is 2.31. The number of halogens is 1. The van der Waals surface area contributed by atoms with Crippen molar-refractivity contribution in [2.75, 3.05) is 0 Å². The molecule has 0 rings (SSSR count). The zero-order valence-corrected chi connectivity index (χ0v) is 9.27. The van der Waals surface area contributed by atoms with Gasteiger partial charge in [0.1, 0.15) is 0 Å². The summed E-state index contributed by atoms with van der Waals surface area (Å²) in [7, 11) is 0. The molecule has 10 heavy (non-hydrogen) atoms. The van der Waals surface area contributed by atoms with Gasteiger partial charge < -0.3 is 0 Å². The van der Waals surface area contributed by atoms with E-state index in [1.54, 1.807) is 0 Å². The molecule has 1 heteroatoms. The molecular formula is C9H19Br. The molecule has 0 aliphatic heterocycles. The van der Waals surface area contributed by atoms with Gasteiger partial charge in [0.15, 0.2) is 0 Å². The Bertz CT molecular complexity index is 74.7. The van der Waals surface area contributed by atoms with Crippen LogP contribution in [-0.4, -0.2) is 4.83 Å². The predicted molar refractivity (Wildman–Crippen MR) is 51.6 cm³/mol. The normalized spacial score (nSPS) is 18.0. The minimum Gasteiger partial charge on any atom is -0.0885 e. The Hall–Kier alpha value is 0.480. The van der Waals surface area contributed by atoms with E-state index in [0.29, 0.717) is 4.83 Å². The van der Waals surface area contributed by atoms with Crippen LogP contribution in [0.1, 0.15) is 34.6 Å². The number of alkyl halides is 1. The molecule has 0 N–H and O–H groups in total. The maximum Gasteiger partial charge on any atom is 0.0196 e. The summed E-state index contributed by atoms with van der Waals surface area (Å²) in [6.07, 6.45) is 0. The Labute approximate surface area is 73.5 Å². The average molecular weight is 207 g/mol. The van der Waals surface area contributed by atoms with Crippen LogP contribution < -0.4 is 0 Å². The molecule has 0 radical (unpaired) electrons. The largest absolute Gasteiger partial charge is 0.0885 e. The van der Waals surface area contributed by atoms with Crippen molar-refractivity contribution in [2.45, 2.75) is 39.4 Å². The molecule has 2 unspecified atom stereocenters. The van der Waals surface area contributed by atoms with Crippen molar-refractivity contribution in [1.29, 1.82) is 0 Å². The van der Waals surface area contributed by atoms with Crippen molar-refractivity contribution < 1.29 is 0 Å². The Kier molecular flexibility index (Phi) is 4.59. The van der Waals surface area contributed by atoms with Gasteiger partial charge in [-0.1, -0.05) is 50.5 Å². The predicted octanol–water partition coefficient (Wildman–Crippen LogP) is 3.70. The van der Waals surface area contributed by atoms with Gasteiger partial charge in [0, 0.05) is 4.83 Å². The van der Waals surface area contributed by atoms with E-state index in [1.807, 2.05) is 0 Å². The van der Waals surface area contributed by atoms with Gasteiger partial charge >= 0.3 is 0 Å². The number of hydrogen-bond donors (Lipinski definition) is 0. The van der Waals surface area contributed by atoms with Crippen LogP contribution in [0, 0.1) is 17.8 Å². The highest BCUT2D eigenvalue weighted by atomic mass is 79.9. The average Bonchev–Trinajstić information content (AvgIpc) is 1.84. The van der Waals surface area contributed by atoms with Gasteiger partial charge in [0.2, 0.25) is 0 Å². The lowest BCUT2D eigenvalue weighted by atomic mass is 9.89. The summed E-state index contributed by atoms with van der Waals surface area (Å²) >= 11 is 3.71. The summed E-state index contributed by atoms with van der Waals surface area (Å²) in [6.45, 7) is 11.4. The first-order valence-electron chi connectivity index (χ1n) is 4.10. The molecule has 0 saturated carbocycles. The second-order valence-electron chi connectivity index (χ2n) is 3.79. The fourth-order valence-corrected chi connectivity index (χ4v) is 1.59. The first-order valence-corrected chi connectivity index (χ1v) is 5.02. The second kappa shape index (κ2) is 4.38. The zero-order valence-electron chi connectivity index (χ0n) is 7.69. The van der Waals surface area contributed by atoms with Gasteiger partial charge in [-0.2, -0.15) is 0 Å². The van der Waals surface area contributed by atoms with Crippen molar-refractivity contribution in [3.05, 3.63) is 0 Å². The molecule has 0 aromatic rings. The van der Waals surface area contributed by atoms with Gasteiger partial charge in [-0.3, -0.25) is 0 Å². The van der Waals surface area contributed by atoms with E-state index < -0.39 is 0 Å². The summed E-state index contributed by atoms with van der Waals surface area (Å²) in [4.78, 5) is 0.674. The SMILES string of the molecule is CC(C)C(C)C(Br)C(C)C. The Balaban J connectivity index is 3.81. The second-order valence-corrected chi connectivity index (χ2v) is 4.85. The van der Waals surface area contributed by atoms with Gasteiger partial charge in [-0.05, 0) is 17.8 Å². The molecule has 0 amide bonds. The minimum atomic E-state index is 0.674. The van der Waals surface area contributed by atoms with E-state index in [-0.39, 0.29) is 0 Å². The highest BCUT2D eigenvalue weighted by Gasteiger charge is 2.19. The molecule has 0 saturated heterocycles. The van der Waals surface area contributed by atoms with Gasteiger partial charge in [0.05, 0.1) is 0 Å². The van der Waals surface area contributed by atoms with Crippen LogP contribution >= 0.6 is 15.9 Å². The van der Waals surface area contributed by atoms with Crippen LogP contribution in [0.25, 0.3) is 0 Å². The van der Waals surface area contributed by atoms with Crippen LogP contribution in [0.4, 0.5) is 0 Å². The van der Waals surface area contributed by atoms with E-state index in [2.05, 4.69) is 50.5 Å². The monoisotopic (exact) mass is 206 g/mol. The molecule has 0 aromatic carbocycles. The summed E-state index contributed by atoms with van der Waals surface area (Å²) in [6, 6.07) is 0. The van der Waals surface area contributed by atoms with Crippen LogP contribution in [0.15, 0.2) is 0 Å². The first-order chi connectivity index (χ1) is 4.46. The fraction of sp³-hybridized carbons (Fsp3) is 1.00. The van der Waals surface area contributed by atoms with Gasteiger partial charge in [0.25, 0.3) is 0 Å². The molecule has 0 aromatic heterocycles. The smallest absolute Gasteiger partial charge is 0.0196 e. The molecule has 0 fully saturated rings. The molecule has 0 aliphatic carbocycles. The quantitative estimate of drug-likeness (QED) is 0.619. The van der Waals surface area contributed by atoms with Crippen molar-refractivity contribution in [1.82, 2.24) is 0 Å². The lowest BCUT2D eigenvalue weighted by molar-refractivity contribution is 0.362. The lowest BCUT2D eigenvalue weighted by Crippen LogP contribution is -2.21. The Morgan fingerprint density at radius 1 is 0.800 bits per heavy atom. The maximum atomic E-state index is 3.71. The third-order valence-corrected chi connectivity index (χ3v) is 4.08. The molecule has 2 atom stereocenters. The molecule has 0 nitrogen and oxygen atoms in total. The van der Waals surface area contributed by atoms with E-state index in [4.69, 9.17) is 0 Å². The highest BCUT2D eigenvalue weighted by molar-refractivity contribution is 9.09. The highest BCUT2D eigenvalue weighted by Crippen LogP contribution is 2.26. The van der Waals surface area contributed by atoms with Crippen molar-refractivity contribution >= 4 is 15.9 Å². The maximum absolute atomic E-state index is 3.71. The van der Waals surface area contributed by atoms with E-state index >= 15 is 0 Å². The van der Waals surface area contributed by atoms with Crippen molar-refractivity contribution in [3.63, 3.8) is 0 Å². The van der Waals surface area contributed by atoms with Crippen LogP contribution in [-0.2, 0) is 0 Å². The third-order valence-electron chi connectivity index (χ3n) is 2.19. The zero-order chi connectivity index (χ0) is 8.31. The summed E-state index contributed by atoms with van der Waals surface area (Å²) in [5.41, 5.74) is 0. The van der Waals surface area contributed by atoms with E-state index in [0.717, 1.165) is 17.8 Å². The van der Waals surface area contributed by atoms with E-state index in [1.165, 1.54) is 0 Å². The van der Waals surface area contributed by atoms with Gasteiger partial charge in [-0.25, -0.2) is 0 Å². The number of hydrogen-bond acceptors (Lipinski definition) is 0. The standard InChI is InChI=1S/C9H19Br/c1-6(2)8(5)9(10)7(3)4/h6-9H,1-5H3. The molecular weight excluding hydrogens is 188 g/mol. The van der Waals surface area contributed by atoms with E-state index in [9.17, 15) is 0 Å². The Morgan fingerprint density at radius 3 is 1.30 bits per heavy atom. The van der Waals surface area contributed by atoms with Crippen LogP contribution in [0.3, 0.4) is 0 Å².